The van der Waals surface area contributed by atoms with Gasteiger partial charge >= 0.3 is 0 Å². The fourth-order valence-corrected chi connectivity index (χ4v) is 1.02. The van der Waals surface area contributed by atoms with Gasteiger partial charge in [0.15, 0.2) is 0 Å². The fraction of sp³-hybridized carbons (Fsp3) is 0.333. The molecule has 1 nitrogen and oxygen atoms in total. The Bertz CT molecular complexity index is 223. The molecule has 1 rings (SSSR count). The molecule has 3 heteroatoms. The van der Waals surface area contributed by atoms with Crippen LogP contribution in [0.25, 0.3) is 0 Å². The Hall–Kier alpha value is -0.960. The third kappa shape index (κ3) is 2.58. The molecule has 0 fully saturated rings. The Kier molecular flexibility index (Phi) is 3.17. The van der Waals surface area contributed by atoms with E-state index >= 15 is 0 Å². The van der Waals surface area contributed by atoms with Gasteiger partial charge in [-0.25, -0.2) is 0 Å². The average molecular weight is 171 g/mol. The van der Waals surface area contributed by atoms with E-state index in [4.69, 9.17) is 0 Å². The average Bonchev–Trinajstić information content (AvgIpc) is 2.06. The molecule has 0 N–H and O–H groups in total. The highest BCUT2D eigenvalue weighted by atomic mass is 19.4. The van der Waals surface area contributed by atoms with Gasteiger partial charge in [0.2, 0.25) is 0 Å². The summed E-state index contributed by atoms with van der Waals surface area (Å²) in [6.45, 7) is 1.49. The van der Waals surface area contributed by atoms with Crippen molar-refractivity contribution in [2.75, 3.05) is 0 Å². The predicted molar refractivity (Wildman–Crippen MR) is 43.7 cm³/mol. The van der Waals surface area contributed by atoms with Crippen LogP contribution in [0.15, 0.2) is 30.3 Å². The third-order valence-corrected chi connectivity index (χ3v) is 1.71. The first-order valence-corrected chi connectivity index (χ1v) is 3.85. The van der Waals surface area contributed by atoms with E-state index in [1.54, 1.807) is 0 Å². The van der Waals surface area contributed by atoms with E-state index in [1.165, 1.54) is 6.92 Å². The lowest BCUT2D eigenvalue weighted by Gasteiger charge is -2.10. The molecular weight excluding hydrogens is 160 g/mol. The van der Waals surface area contributed by atoms with Crippen molar-refractivity contribution in [3.05, 3.63) is 35.9 Å². The molecule has 0 aliphatic heterocycles. The first-order valence-electron chi connectivity index (χ1n) is 3.85. The highest BCUT2D eigenvalue weighted by molar-refractivity contribution is 5.15. The second-order valence-electron chi connectivity index (χ2n) is 2.80. The molecule has 1 atom stereocenters. The zero-order valence-corrected chi connectivity index (χ0v) is 6.87. The van der Waals surface area contributed by atoms with Crippen molar-refractivity contribution < 1.29 is 8.96 Å². The molecule has 1 aromatic carbocycles. The van der Waals surface area contributed by atoms with E-state index in [-0.39, 0.29) is 0 Å². The Morgan fingerprint density at radius 1 is 1.25 bits per heavy atom. The van der Waals surface area contributed by atoms with Gasteiger partial charge < -0.3 is 0 Å². The van der Waals surface area contributed by atoms with Crippen molar-refractivity contribution in [2.45, 2.75) is 19.4 Å². The molecule has 0 amide bonds. The summed E-state index contributed by atoms with van der Waals surface area (Å²) in [5.74, 6) is 0. The lowest BCUT2D eigenvalue weighted by molar-refractivity contribution is -0.182. The monoisotopic (exact) mass is 171 g/mol. The molecule has 0 saturated heterocycles. The molecule has 1 unspecified atom stereocenters. The molecule has 0 bridgehead atoms. The minimum absolute atomic E-state index is 0.383. The Balaban J connectivity index is 2.53. The van der Waals surface area contributed by atoms with Crippen molar-refractivity contribution >= 4 is 0 Å². The highest BCUT2D eigenvalue weighted by Crippen LogP contribution is 2.08. The van der Waals surface area contributed by atoms with Gasteiger partial charge in [-0.05, 0) is 18.9 Å². The van der Waals surface area contributed by atoms with Crippen LogP contribution >= 0.6 is 0 Å². The third-order valence-electron chi connectivity index (χ3n) is 1.71. The predicted octanol–water partition coefficient (Wildman–Crippen LogP) is 2.69. The lowest BCUT2D eigenvalue weighted by Crippen LogP contribution is -2.19. The summed E-state index contributed by atoms with van der Waals surface area (Å²) in [6.07, 6.45) is 0.383. The standard InChI is InChI=1S/C9H11F2N/c1-8(12(10)11)7-9-5-3-2-4-6-9/h2-6,8H,7H2,1H3. The fourth-order valence-electron chi connectivity index (χ4n) is 1.02. The van der Waals surface area contributed by atoms with Crippen LogP contribution in [0, 0.1) is 0 Å². The second kappa shape index (κ2) is 4.16. The van der Waals surface area contributed by atoms with Gasteiger partial charge in [0.1, 0.15) is 0 Å². The van der Waals surface area contributed by atoms with Crippen LogP contribution in [-0.4, -0.2) is 11.4 Å². The van der Waals surface area contributed by atoms with E-state index in [0.717, 1.165) is 5.56 Å². The molecule has 66 valence electrons. The van der Waals surface area contributed by atoms with E-state index in [9.17, 15) is 8.96 Å². The van der Waals surface area contributed by atoms with Crippen LogP contribution in [0.2, 0.25) is 0 Å². The number of hydrogen-bond donors (Lipinski definition) is 0. The quantitative estimate of drug-likeness (QED) is 0.632. The van der Waals surface area contributed by atoms with Crippen LogP contribution < -0.4 is 0 Å². The maximum Gasteiger partial charge on any atom is 0.0742 e. The number of hydrogen-bond acceptors (Lipinski definition) is 1. The minimum Gasteiger partial charge on any atom is -0.101 e. The maximum atomic E-state index is 11.9. The summed E-state index contributed by atoms with van der Waals surface area (Å²) in [7, 11) is 0. The van der Waals surface area contributed by atoms with Crippen LogP contribution in [0.4, 0.5) is 8.96 Å². The van der Waals surface area contributed by atoms with Gasteiger partial charge in [-0.15, -0.1) is 8.96 Å². The second-order valence-corrected chi connectivity index (χ2v) is 2.80. The summed E-state index contributed by atoms with van der Waals surface area (Å²) in [5, 5.41) is -0.757. The summed E-state index contributed by atoms with van der Waals surface area (Å²) >= 11 is 0. The zero-order chi connectivity index (χ0) is 8.97. The molecular formula is C9H11F2N. The highest BCUT2D eigenvalue weighted by Gasteiger charge is 2.11. The van der Waals surface area contributed by atoms with Crippen molar-refractivity contribution in [3.8, 4) is 0 Å². The summed E-state index contributed by atoms with van der Waals surface area (Å²) in [6, 6.07) is 8.55. The Morgan fingerprint density at radius 3 is 2.33 bits per heavy atom. The summed E-state index contributed by atoms with van der Waals surface area (Å²) in [5.41, 5.74) is 0.935. The van der Waals surface area contributed by atoms with E-state index in [2.05, 4.69) is 0 Å². The van der Waals surface area contributed by atoms with Crippen LogP contribution in [0.5, 0.6) is 0 Å². The first-order chi connectivity index (χ1) is 5.70. The molecule has 0 heterocycles. The van der Waals surface area contributed by atoms with Crippen molar-refractivity contribution in [1.29, 1.82) is 0 Å². The molecule has 0 aliphatic carbocycles. The molecule has 0 radical (unpaired) electrons. The Labute approximate surface area is 70.5 Å². The summed E-state index contributed by atoms with van der Waals surface area (Å²) < 4.78 is 23.9. The number of nitrogens with zero attached hydrogens (tertiary/aromatic N) is 1. The summed E-state index contributed by atoms with van der Waals surface area (Å²) in [4.78, 5) is 0. The first kappa shape index (κ1) is 9.13. The lowest BCUT2D eigenvalue weighted by atomic mass is 10.1. The van der Waals surface area contributed by atoms with Crippen LogP contribution in [0.3, 0.4) is 0 Å². The van der Waals surface area contributed by atoms with Gasteiger partial charge in [-0.3, -0.25) is 0 Å². The number of halogens is 2. The van der Waals surface area contributed by atoms with Gasteiger partial charge in [0.25, 0.3) is 0 Å². The van der Waals surface area contributed by atoms with Gasteiger partial charge in [-0.2, -0.15) is 0 Å². The topological polar surface area (TPSA) is 3.24 Å². The number of benzene rings is 1. The number of rotatable bonds is 3. The molecule has 12 heavy (non-hydrogen) atoms. The van der Waals surface area contributed by atoms with Gasteiger partial charge in [0.05, 0.1) is 6.04 Å². The van der Waals surface area contributed by atoms with Crippen molar-refractivity contribution in [3.63, 3.8) is 0 Å². The smallest absolute Gasteiger partial charge is 0.0742 e. The van der Waals surface area contributed by atoms with E-state index in [1.807, 2.05) is 30.3 Å². The van der Waals surface area contributed by atoms with Crippen molar-refractivity contribution in [1.82, 2.24) is 5.34 Å². The maximum absolute atomic E-state index is 11.9. The molecule has 0 spiro atoms. The van der Waals surface area contributed by atoms with Crippen LogP contribution in [-0.2, 0) is 6.42 Å². The SMILES string of the molecule is CC(Cc1ccccc1)N(F)F. The van der Waals surface area contributed by atoms with E-state index in [0.29, 0.717) is 6.42 Å². The molecule has 1 aromatic rings. The van der Waals surface area contributed by atoms with Gasteiger partial charge in [-0.1, -0.05) is 30.3 Å². The largest absolute Gasteiger partial charge is 0.101 e. The molecule has 0 aromatic heterocycles. The zero-order valence-electron chi connectivity index (χ0n) is 6.87. The molecule has 0 aliphatic rings. The van der Waals surface area contributed by atoms with Gasteiger partial charge in [0, 0.05) is 5.34 Å². The Morgan fingerprint density at radius 2 is 1.83 bits per heavy atom. The minimum atomic E-state index is -0.757. The normalized spacial score (nSPS) is 13.3. The van der Waals surface area contributed by atoms with Crippen molar-refractivity contribution in [2.24, 2.45) is 0 Å². The van der Waals surface area contributed by atoms with Crippen LogP contribution in [0.1, 0.15) is 12.5 Å². The van der Waals surface area contributed by atoms with E-state index < -0.39 is 11.4 Å². The molecule has 0 saturated carbocycles.